The van der Waals surface area contributed by atoms with E-state index in [1.165, 1.54) is 0 Å². The summed E-state index contributed by atoms with van der Waals surface area (Å²) in [4.78, 5) is 26.3. The van der Waals surface area contributed by atoms with Crippen molar-refractivity contribution in [3.63, 3.8) is 0 Å². The molecule has 8 heteroatoms. The van der Waals surface area contributed by atoms with Crippen LogP contribution in [0.15, 0.2) is 48.9 Å². The third-order valence-corrected chi connectivity index (χ3v) is 6.99. The number of carbonyl (C=O) groups is 1. The van der Waals surface area contributed by atoms with Crippen LogP contribution in [-0.4, -0.2) is 57.0 Å². The van der Waals surface area contributed by atoms with Crippen molar-refractivity contribution < 1.29 is 9.53 Å². The number of anilines is 1. The number of ether oxygens (including phenoxy) is 1. The number of imidazole rings is 1. The lowest BCUT2D eigenvalue weighted by atomic mass is 10.0. The Morgan fingerprint density at radius 1 is 1.24 bits per heavy atom. The Kier molecular flexibility index (Phi) is 5.29. The monoisotopic (exact) mass is 444 g/mol. The largest absolute Gasteiger partial charge is 0.360 e. The third-order valence-electron chi connectivity index (χ3n) is 6.99. The predicted octanol–water partition coefficient (Wildman–Crippen LogP) is 2.98. The molecule has 2 saturated heterocycles. The number of amides is 1. The maximum Gasteiger partial charge on any atom is 0.248 e. The van der Waals surface area contributed by atoms with Crippen LogP contribution in [-0.2, 0) is 15.1 Å². The molecule has 5 rings (SSSR count). The average Bonchev–Trinajstić information content (AvgIpc) is 3.37. The second kappa shape index (κ2) is 8.16. The van der Waals surface area contributed by atoms with Gasteiger partial charge in [0.25, 0.3) is 0 Å². The summed E-state index contributed by atoms with van der Waals surface area (Å²) in [6.45, 7) is 7.54. The van der Waals surface area contributed by atoms with Crippen molar-refractivity contribution in [1.29, 1.82) is 5.26 Å². The minimum Gasteiger partial charge on any atom is -0.360 e. The lowest BCUT2D eigenvalue weighted by Crippen LogP contribution is -2.57. The van der Waals surface area contributed by atoms with Crippen molar-refractivity contribution in [1.82, 2.24) is 19.3 Å². The highest BCUT2D eigenvalue weighted by Gasteiger charge is 2.46. The number of nitriles is 1. The number of carbonyl (C=O) groups excluding carboxylic acids is 1. The first-order valence-electron chi connectivity index (χ1n) is 11.4. The number of rotatable bonds is 5. The molecule has 0 spiro atoms. The Labute approximate surface area is 193 Å². The van der Waals surface area contributed by atoms with E-state index in [0.717, 1.165) is 23.6 Å². The summed E-state index contributed by atoms with van der Waals surface area (Å²) >= 11 is 0. The Balaban J connectivity index is 1.27. The molecule has 0 saturated carbocycles. The van der Waals surface area contributed by atoms with E-state index in [1.807, 2.05) is 53.6 Å². The third kappa shape index (κ3) is 3.83. The van der Waals surface area contributed by atoms with Crippen LogP contribution in [0.25, 0.3) is 5.65 Å². The highest BCUT2D eigenvalue weighted by Crippen LogP contribution is 2.37. The summed E-state index contributed by atoms with van der Waals surface area (Å²) in [6, 6.07) is 12.2. The van der Waals surface area contributed by atoms with Crippen LogP contribution in [0.1, 0.15) is 38.4 Å². The SMILES string of the molecule is C[C@@H]1CC2CN(C(=O)COC(C)(C)c3cccc4nccn34)CC1N2c1ccc(C#N)cn1. The van der Waals surface area contributed by atoms with E-state index >= 15 is 0 Å². The van der Waals surface area contributed by atoms with Gasteiger partial charge < -0.3 is 18.9 Å². The molecule has 0 N–H and O–H groups in total. The number of hydrogen-bond acceptors (Lipinski definition) is 6. The highest BCUT2D eigenvalue weighted by molar-refractivity contribution is 5.78. The van der Waals surface area contributed by atoms with Crippen molar-refractivity contribution in [3.05, 3.63) is 60.2 Å². The van der Waals surface area contributed by atoms with E-state index in [-0.39, 0.29) is 24.6 Å². The van der Waals surface area contributed by atoms with Crippen molar-refractivity contribution in [3.8, 4) is 6.07 Å². The standard InChI is InChI=1S/C25H28N6O2/c1-17-11-19-14-29(15-20(17)31(19)23-8-7-18(12-26)13-28-23)24(32)16-33-25(2,3)21-5-4-6-22-27-9-10-30(21)22/h4-10,13,17,19-20H,11,14-16H2,1-3H3/t17-,19?,20?/m1/s1. The second-order valence-corrected chi connectivity index (χ2v) is 9.52. The number of likely N-dealkylation sites (tertiary alicyclic amines) is 1. The summed E-state index contributed by atoms with van der Waals surface area (Å²) in [5.41, 5.74) is 1.72. The Morgan fingerprint density at radius 2 is 2.09 bits per heavy atom. The van der Waals surface area contributed by atoms with Gasteiger partial charge in [0.15, 0.2) is 0 Å². The number of pyridine rings is 2. The molecule has 33 heavy (non-hydrogen) atoms. The smallest absolute Gasteiger partial charge is 0.248 e. The quantitative estimate of drug-likeness (QED) is 0.601. The molecule has 3 aromatic rings. The minimum atomic E-state index is -0.642. The molecule has 2 fully saturated rings. The van der Waals surface area contributed by atoms with Gasteiger partial charge in [-0.2, -0.15) is 5.26 Å². The molecule has 2 bridgehead atoms. The Hall–Kier alpha value is -3.44. The zero-order valence-electron chi connectivity index (χ0n) is 19.2. The molecular weight excluding hydrogens is 416 g/mol. The zero-order chi connectivity index (χ0) is 23.2. The van der Waals surface area contributed by atoms with Gasteiger partial charge in [0, 0.05) is 37.7 Å². The molecule has 0 aliphatic carbocycles. The molecule has 0 radical (unpaired) electrons. The highest BCUT2D eigenvalue weighted by atomic mass is 16.5. The first kappa shape index (κ1) is 21.4. The molecule has 5 heterocycles. The van der Waals surface area contributed by atoms with Crippen molar-refractivity contribution in [2.24, 2.45) is 5.92 Å². The topological polar surface area (TPSA) is 86.8 Å². The number of piperazine rings is 1. The number of aromatic nitrogens is 3. The molecule has 8 nitrogen and oxygen atoms in total. The van der Waals surface area contributed by atoms with E-state index in [2.05, 4.69) is 27.9 Å². The number of nitrogens with zero attached hydrogens (tertiary/aromatic N) is 6. The van der Waals surface area contributed by atoms with Gasteiger partial charge >= 0.3 is 0 Å². The van der Waals surface area contributed by atoms with Crippen LogP contribution >= 0.6 is 0 Å². The summed E-state index contributed by atoms with van der Waals surface area (Å²) in [6.07, 6.45) is 6.31. The van der Waals surface area contributed by atoms with Gasteiger partial charge in [-0.15, -0.1) is 0 Å². The molecule has 1 amide bonds. The first-order chi connectivity index (χ1) is 15.9. The van der Waals surface area contributed by atoms with Crippen LogP contribution < -0.4 is 4.90 Å². The lowest BCUT2D eigenvalue weighted by molar-refractivity contribution is -0.143. The van der Waals surface area contributed by atoms with Crippen molar-refractivity contribution >= 4 is 17.4 Å². The van der Waals surface area contributed by atoms with Gasteiger partial charge in [-0.3, -0.25) is 4.79 Å². The van der Waals surface area contributed by atoms with Gasteiger partial charge in [0.1, 0.15) is 29.7 Å². The maximum atomic E-state index is 13.2. The van der Waals surface area contributed by atoms with Gasteiger partial charge in [-0.05, 0) is 50.5 Å². The summed E-state index contributed by atoms with van der Waals surface area (Å²) in [5.74, 6) is 1.35. The Morgan fingerprint density at radius 3 is 2.82 bits per heavy atom. The molecule has 170 valence electrons. The predicted molar refractivity (Wildman–Crippen MR) is 124 cm³/mol. The van der Waals surface area contributed by atoms with Gasteiger partial charge in [-0.25, -0.2) is 9.97 Å². The first-order valence-corrected chi connectivity index (χ1v) is 11.4. The van der Waals surface area contributed by atoms with E-state index in [0.29, 0.717) is 24.6 Å². The Bertz CT molecular complexity index is 1210. The van der Waals surface area contributed by atoms with E-state index in [9.17, 15) is 4.79 Å². The fraction of sp³-hybridized carbons (Fsp3) is 0.440. The molecule has 3 atom stereocenters. The summed E-state index contributed by atoms with van der Waals surface area (Å²) < 4.78 is 8.16. The summed E-state index contributed by atoms with van der Waals surface area (Å²) in [7, 11) is 0. The van der Waals surface area contributed by atoms with Gasteiger partial charge in [0.2, 0.25) is 5.91 Å². The maximum absolute atomic E-state index is 13.2. The lowest BCUT2D eigenvalue weighted by Gasteiger charge is -2.42. The van der Waals surface area contributed by atoms with Crippen LogP contribution in [0.5, 0.6) is 0 Å². The molecule has 0 aromatic carbocycles. The van der Waals surface area contributed by atoms with Crippen LogP contribution in [0.4, 0.5) is 5.82 Å². The normalized spacial score (nSPS) is 22.5. The number of fused-ring (bicyclic) bond motifs is 3. The average molecular weight is 445 g/mol. The van der Waals surface area contributed by atoms with E-state index in [1.54, 1.807) is 18.5 Å². The van der Waals surface area contributed by atoms with Crippen molar-refractivity contribution in [2.75, 3.05) is 24.6 Å². The summed E-state index contributed by atoms with van der Waals surface area (Å²) in [5, 5.41) is 9.05. The van der Waals surface area contributed by atoms with Crippen molar-refractivity contribution in [2.45, 2.75) is 44.9 Å². The molecule has 2 aliphatic heterocycles. The fourth-order valence-electron chi connectivity index (χ4n) is 5.24. The number of hydrogen-bond donors (Lipinski definition) is 0. The molecule has 3 aromatic heterocycles. The van der Waals surface area contributed by atoms with Crippen LogP contribution in [0.2, 0.25) is 0 Å². The van der Waals surface area contributed by atoms with Crippen LogP contribution in [0.3, 0.4) is 0 Å². The molecule has 2 unspecified atom stereocenters. The van der Waals surface area contributed by atoms with Gasteiger partial charge in [0.05, 0.1) is 17.3 Å². The molecule has 2 aliphatic rings. The second-order valence-electron chi connectivity index (χ2n) is 9.52. The van der Waals surface area contributed by atoms with E-state index < -0.39 is 5.60 Å². The fourth-order valence-corrected chi connectivity index (χ4v) is 5.24. The minimum absolute atomic E-state index is 0.0115. The molecular formula is C25H28N6O2. The van der Waals surface area contributed by atoms with Gasteiger partial charge in [-0.1, -0.05) is 13.0 Å². The van der Waals surface area contributed by atoms with E-state index in [4.69, 9.17) is 10.00 Å². The zero-order valence-corrected chi connectivity index (χ0v) is 19.2. The van der Waals surface area contributed by atoms with Crippen LogP contribution in [0, 0.1) is 17.2 Å².